The Hall–Kier alpha value is -1.36. The lowest BCUT2D eigenvalue weighted by atomic mass is 10.3. The van der Waals surface area contributed by atoms with E-state index in [1.54, 1.807) is 7.05 Å². The Kier molecular flexibility index (Phi) is 4.76. The number of carbonyl (C=O) groups is 1. The first kappa shape index (κ1) is 9.64. The number of carbonyl (C=O) groups excluding carboxylic acids is 1. The Morgan fingerprint density at radius 2 is 2.27 bits per heavy atom. The molecule has 5 heteroatoms. The summed E-state index contributed by atoms with van der Waals surface area (Å²) in [6, 6.07) is 0. The molecule has 0 saturated carbocycles. The second kappa shape index (κ2) is 5.43. The highest BCUT2D eigenvalue weighted by atomic mass is 16.5. The lowest BCUT2D eigenvalue weighted by Gasteiger charge is -1.97. The summed E-state index contributed by atoms with van der Waals surface area (Å²) in [5.74, 6) is -0.593. The quantitative estimate of drug-likeness (QED) is 0.219. The molecule has 62 valence electrons. The van der Waals surface area contributed by atoms with E-state index in [-0.39, 0.29) is 5.57 Å². The van der Waals surface area contributed by atoms with Crippen molar-refractivity contribution in [2.75, 3.05) is 14.1 Å². The van der Waals surface area contributed by atoms with Gasteiger partial charge in [0, 0.05) is 26.5 Å². The van der Waals surface area contributed by atoms with Crippen molar-refractivity contribution in [1.82, 2.24) is 10.8 Å². The zero-order valence-corrected chi connectivity index (χ0v) is 6.46. The lowest BCUT2D eigenvalue weighted by Crippen LogP contribution is -2.22. The minimum atomic E-state index is -0.593. The molecule has 0 aromatic carbocycles. The average molecular weight is 157 g/mol. The first-order valence-electron chi connectivity index (χ1n) is 3.00. The number of hydroxylamine groups is 1. The van der Waals surface area contributed by atoms with Crippen LogP contribution in [0.4, 0.5) is 0 Å². The van der Waals surface area contributed by atoms with E-state index < -0.39 is 5.91 Å². The summed E-state index contributed by atoms with van der Waals surface area (Å²) >= 11 is 0. The van der Waals surface area contributed by atoms with E-state index in [0.29, 0.717) is 0 Å². The molecule has 0 spiro atoms. The molecule has 0 unspecified atom stereocenters. The molecular weight excluding hydrogens is 146 g/mol. The van der Waals surface area contributed by atoms with Gasteiger partial charge in [-0.1, -0.05) is 0 Å². The second-order valence-corrected chi connectivity index (χ2v) is 1.72. The van der Waals surface area contributed by atoms with E-state index in [2.05, 4.69) is 10.3 Å². The Bertz CT molecular complexity index is 186. The molecule has 0 aromatic rings. The van der Waals surface area contributed by atoms with Gasteiger partial charge in [0.15, 0.2) is 0 Å². The molecule has 0 aliphatic carbocycles. The molecular formula is C6H11N3O2. The summed E-state index contributed by atoms with van der Waals surface area (Å²) in [6.07, 6.45) is 2.76. The highest BCUT2D eigenvalue weighted by Gasteiger charge is 2.02. The summed E-state index contributed by atoms with van der Waals surface area (Å²) in [4.78, 5) is 14.3. The number of hydrogen-bond acceptors (Lipinski definition) is 4. The Labute approximate surface area is 64.8 Å². The third-order valence-corrected chi connectivity index (χ3v) is 0.932. The van der Waals surface area contributed by atoms with Gasteiger partial charge in [0.25, 0.3) is 5.91 Å². The number of hydrogen-bond donors (Lipinski definition) is 3. The van der Waals surface area contributed by atoms with Gasteiger partial charge in [0.05, 0.1) is 5.57 Å². The maximum Gasteiger partial charge on any atom is 0.277 e. The topological polar surface area (TPSA) is 73.7 Å². The maximum atomic E-state index is 10.7. The van der Waals surface area contributed by atoms with Crippen LogP contribution in [0.3, 0.4) is 0 Å². The van der Waals surface area contributed by atoms with Gasteiger partial charge >= 0.3 is 0 Å². The minimum absolute atomic E-state index is 0.262. The molecule has 0 rings (SSSR count). The van der Waals surface area contributed by atoms with Crippen LogP contribution in [0.1, 0.15) is 0 Å². The van der Waals surface area contributed by atoms with E-state index in [1.807, 2.05) is 0 Å². The van der Waals surface area contributed by atoms with Crippen LogP contribution >= 0.6 is 0 Å². The van der Waals surface area contributed by atoms with Gasteiger partial charge in [0.2, 0.25) is 0 Å². The van der Waals surface area contributed by atoms with Gasteiger partial charge in [-0.3, -0.25) is 15.0 Å². The molecule has 0 heterocycles. The number of rotatable bonds is 3. The van der Waals surface area contributed by atoms with Crippen molar-refractivity contribution in [3.05, 3.63) is 11.8 Å². The maximum absolute atomic E-state index is 10.7. The molecule has 0 bridgehead atoms. The zero-order chi connectivity index (χ0) is 8.69. The third-order valence-electron chi connectivity index (χ3n) is 0.932. The summed E-state index contributed by atoms with van der Waals surface area (Å²) in [7, 11) is 3.18. The van der Waals surface area contributed by atoms with Crippen molar-refractivity contribution in [3.8, 4) is 0 Å². The zero-order valence-electron chi connectivity index (χ0n) is 6.46. The first-order chi connectivity index (χ1) is 5.26. The van der Waals surface area contributed by atoms with Crippen LogP contribution in [-0.2, 0) is 4.79 Å². The van der Waals surface area contributed by atoms with Gasteiger partial charge in [-0.05, 0) is 0 Å². The average Bonchev–Trinajstić information content (AvgIpc) is 2.03. The second-order valence-electron chi connectivity index (χ2n) is 1.72. The van der Waals surface area contributed by atoms with Crippen LogP contribution in [0.25, 0.3) is 0 Å². The molecule has 0 aliphatic heterocycles. The van der Waals surface area contributed by atoms with Crippen molar-refractivity contribution in [2.45, 2.75) is 0 Å². The first-order valence-corrected chi connectivity index (χ1v) is 3.00. The predicted octanol–water partition coefficient (Wildman–Crippen LogP) is -0.704. The Morgan fingerprint density at radius 3 is 2.64 bits per heavy atom. The van der Waals surface area contributed by atoms with Crippen molar-refractivity contribution < 1.29 is 10.0 Å². The summed E-state index contributed by atoms with van der Waals surface area (Å²) < 4.78 is 0. The number of nitrogens with one attached hydrogen (secondary N) is 2. The summed E-state index contributed by atoms with van der Waals surface area (Å²) in [5, 5.41) is 10.9. The van der Waals surface area contributed by atoms with Gasteiger partial charge in [-0.25, -0.2) is 5.48 Å². The molecule has 0 saturated heterocycles. The van der Waals surface area contributed by atoms with Gasteiger partial charge < -0.3 is 5.32 Å². The minimum Gasteiger partial charge on any atom is -0.393 e. The van der Waals surface area contributed by atoms with E-state index in [1.165, 1.54) is 24.9 Å². The molecule has 0 aromatic heterocycles. The molecule has 0 radical (unpaired) electrons. The number of aliphatic imine (C=N–C) groups is 1. The van der Waals surface area contributed by atoms with Crippen LogP contribution in [0.15, 0.2) is 16.8 Å². The number of nitrogens with zero attached hydrogens (tertiary/aromatic N) is 1. The van der Waals surface area contributed by atoms with Gasteiger partial charge in [-0.15, -0.1) is 0 Å². The SMILES string of the molecule is CN=C/C(=C\NC)C(=O)NO. The van der Waals surface area contributed by atoms with Crippen molar-refractivity contribution in [2.24, 2.45) is 4.99 Å². The molecule has 5 nitrogen and oxygen atoms in total. The largest absolute Gasteiger partial charge is 0.393 e. The molecule has 0 aliphatic rings. The fourth-order valence-corrected chi connectivity index (χ4v) is 0.521. The standard InChI is InChI=1S/C6H11N3O2/c1-7-3-5(4-8-2)6(10)9-11/h3-4,7,11H,1-2H3,(H,9,10)/b5-3+,8-4?. The lowest BCUT2D eigenvalue weighted by molar-refractivity contribution is -0.124. The van der Waals surface area contributed by atoms with Crippen molar-refractivity contribution in [1.29, 1.82) is 0 Å². The normalized spacial score (nSPS) is 11.7. The predicted molar refractivity (Wildman–Crippen MR) is 41.5 cm³/mol. The van der Waals surface area contributed by atoms with Gasteiger partial charge in [0.1, 0.15) is 0 Å². The highest BCUT2D eigenvalue weighted by molar-refractivity contribution is 6.11. The fourth-order valence-electron chi connectivity index (χ4n) is 0.521. The van der Waals surface area contributed by atoms with Crippen LogP contribution in [0.5, 0.6) is 0 Å². The fraction of sp³-hybridized carbons (Fsp3) is 0.333. The van der Waals surface area contributed by atoms with Crippen LogP contribution in [-0.4, -0.2) is 31.4 Å². The molecule has 11 heavy (non-hydrogen) atoms. The highest BCUT2D eigenvalue weighted by Crippen LogP contribution is 1.86. The van der Waals surface area contributed by atoms with Gasteiger partial charge in [-0.2, -0.15) is 0 Å². The molecule has 1 amide bonds. The van der Waals surface area contributed by atoms with E-state index in [9.17, 15) is 4.79 Å². The van der Waals surface area contributed by atoms with Crippen LogP contribution in [0.2, 0.25) is 0 Å². The monoisotopic (exact) mass is 157 g/mol. The number of amides is 1. The van der Waals surface area contributed by atoms with Crippen molar-refractivity contribution >= 4 is 12.1 Å². The molecule has 3 N–H and O–H groups in total. The van der Waals surface area contributed by atoms with Crippen molar-refractivity contribution in [3.63, 3.8) is 0 Å². The van der Waals surface area contributed by atoms with Crippen LogP contribution < -0.4 is 10.8 Å². The van der Waals surface area contributed by atoms with E-state index >= 15 is 0 Å². The third kappa shape index (κ3) is 3.36. The van der Waals surface area contributed by atoms with E-state index in [0.717, 1.165) is 0 Å². The Balaban J connectivity index is 4.34. The molecule has 0 atom stereocenters. The smallest absolute Gasteiger partial charge is 0.277 e. The van der Waals surface area contributed by atoms with E-state index in [4.69, 9.17) is 5.21 Å². The molecule has 0 fully saturated rings. The summed E-state index contributed by atoms with van der Waals surface area (Å²) in [6.45, 7) is 0. The van der Waals surface area contributed by atoms with Crippen LogP contribution in [0, 0.1) is 0 Å². The summed E-state index contributed by atoms with van der Waals surface area (Å²) in [5.41, 5.74) is 1.76. The Morgan fingerprint density at radius 1 is 1.64 bits per heavy atom.